The number of hydrogen-bond donors (Lipinski definition) is 2. The van der Waals surface area contributed by atoms with Gasteiger partial charge >= 0.3 is 0 Å². The van der Waals surface area contributed by atoms with Crippen LogP contribution in [-0.2, 0) is 0 Å². The lowest BCUT2D eigenvalue weighted by molar-refractivity contribution is 0.476. The lowest BCUT2D eigenvalue weighted by atomic mass is 10.2. The number of halogens is 1. The first-order chi connectivity index (χ1) is 11.2. The van der Waals surface area contributed by atoms with E-state index in [4.69, 9.17) is 11.6 Å². The van der Waals surface area contributed by atoms with Crippen LogP contribution in [0.5, 0.6) is 5.75 Å². The molecule has 3 rings (SSSR count). The number of rotatable bonds is 4. The Hall–Kier alpha value is -2.37. The van der Waals surface area contributed by atoms with E-state index in [1.54, 1.807) is 19.2 Å². The van der Waals surface area contributed by atoms with E-state index in [1.165, 1.54) is 11.3 Å². The van der Waals surface area contributed by atoms with Crippen LogP contribution in [0.2, 0.25) is 5.15 Å². The predicted molar refractivity (Wildman–Crippen MR) is 98.1 cm³/mol. The Bertz CT molecular complexity index is 902. The van der Waals surface area contributed by atoms with Crippen LogP contribution in [0.25, 0.3) is 22.4 Å². The van der Waals surface area contributed by atoms with Crippen molar-refractivity contribution in [2.75, 3.05) is 12.4 Å². The zero-order valence-corrected chi connectivity index (χ0v) is 13.9. The number of nitrogens with zero attached hydrogens (tertiary/aromatic N) is 2. The van der Waals surface area contributed by atoms with Crippen LogP contribution >= 0.6 is 22.9 Å². The molecule has 3 aromatic rings. The monoisotopic (exact) mass is 343 g/mol. The molecular weight excluding hydrogens is 330 g/mol. The van der Waals surface area contributed by atoms with Crippen molar-refractivity contribution in [3.63, 3.8) is 0 Å². The molecule has 0 unspecified atom stereocenters. The Morgan fingerprint density at radius 2 is 1.96 bits per heavy atom. The summed E-state index contributed by atoms with van der Waals surface area (Å²) in [5.74, 6) is 0.990. The van der Waals surface area contributed by atoms with E-state index in [0.717, 1.165) is 26.6 Å². The van der Waals surface area contributed by atoms with Crippen molar-refractivity contribution in [2.45, 2.75) is 0 Å². The number of fused-ring (bicyclic) bond motifs is 1. The summed E-state index contributed by atoms with van der Waals surface area (Å²) in [6.45, 7) is 0. The number of allylic oxidation sites excluding steroid dienone is 2. The number of thiazole rings is 1. The Balaban J connectivity index is 1.74. The van der Waals surface area contributed by atoms with E-state index < -0.39 is 0 Å². The minimum absolute atomic E-state index is 0.253. The van der Waals surface area contributed by atoms with Crippen molar-refractivity contribution in [2.24, 2.45) is 0 Å². The number of hydrogen-bond acceptors (Lipinski definition) is 5. The van der Waals surface area contributed by atoms with Crippen molar-refractivity contribution in [3.05, 3.63) is 58.2 Å². The van der Waals surface area contributed by atoms with Crippen molar-refractivity contribution in [1.82, 2.24) is 9.97 Å². The zero-order chi connectivity index (χ0) is 16.2. The summed E-state index contributed by atoms with van der Waals surface area (Å²) in [6.07, 6.45) is 7.61. The first-order valence-electron chi connectivity index (χ1n) is 6.94. The second-order valence-electron chi connectivity index (χ2n) is 4.75. The van der Waals surface area contributed by atoms with E-state index in [9.17, 15) is 5.11 Å². The molecule has 0 fully saturated rings. The van der Waals surface area contributed by atoms with Crippen LogP contribution in [0, 0.1) is 0 Å². The van der Waals surface area contributed by atoms with Crippen LogP contribution < -0.4 is 5.32 Å². The third kappa shape index (κ3) is 3.70. The highest BCUT2D eigenvalue weighted by Crippen LogP contribution is 2.26. The average Bonchev–Trinajstić information content (AvgIpc) is 2.94. The van der Waals surface area contributed by atoms with Crippen molar-refractivity contribution in [1.29, 1.82) is 0 Å². The molecule has 0 bridgehead atoms. The fraction of sp³-hybridized carbons (Fsp3) is 0.0588. The smallest absolute Gasteiger partial charge is 0.138 e. The van der Waals surface area contributed by atoms with Crippen LogP contribution in [-0.4, -0.2) is 22.1 Å². The van der Waals surface area contributed by atoms with Gasteiger partial charge in [0.25, 0.3) is 0 Å². The maximum atomic E-state index is 9.47. The molecule has 23 heavy (non-hydrogen) atoms. The molecule has 6 heteroatoms. The molecule has 4 nitrogen and oxygen atoms in total. The van der Waals surface area contributed by atoms with Crippen LogP contribution in [0.4, 0.5) is 5.82 Å². The summed E-state index contributed by atoms with van der Waals surface area (Å²) in [4.78, 5) is 8.69. The van der Waals surface area contributed by atoms with Gasteiger partial charge in [-0.2, -0.15) is 0 Å². The number of anilines is 1. The molecule has 0 aliphatic heterocycles. The molecule has 0 aliphatic rings. The Morgan fingerprint density at radius 3 is 2.74 bits per heavy atom. The standard InChI is InChI=1S/C17H14ClN3OS/c1-19-15-9-6-11(17(18)21-15)4-2-3-5-16-20-13-8-7-12(22)10-14(13)23-16/h2-10,22H,1H3,(H,19,21)/b4-2+,5-3+. The van der Waals surface area contributed by atoms with Gasteiger partial charge in [0.05, 0.1) is 10.2 Å². The minimum Gasteiger partial charge on any atom is -0.508 e. The molecule has 116 valence electrons. The summed E-state index contributed by atoms with van der Waals surface area (Å²) in [6, 6.07) is 8.94. The van der Waals surface area contributed by atoms with Crippen LogP contribution in [0.3, 0.4) is 0 Å². The molecule has 0 radical (unpaired) electrons. The van der Waals surface area contributed by atoms with Gasteiger partial charge in [-0.3, -0.25) is 0 Å². The van der Waals surface area contributed by atoms with Crippen LogP contribution in [0.1, 0.15) is 10.6 Å². The summed E-state index contributed by atoms with van der Waals surface area (Å²) in [7, 11) is 1.80. The Morgan fingerprint density at radius 1 is 1.13 bits per heavy atom. The number of benzene rings is 1. The summed E-state index contributed by atoms with van der Waals surface area (Å²) in [5, 5.41) is 13.7. The van der Waals surface area contributed by atoms with Gasteiger partial charge in [0.2, 0.25) is 0 Å². The lowest BCUT2D eigenvalue weighted by Gasteiger charge is -2.01. The van der Waals surface area contributed by atoms with E-state index in [1.807, 2.05) is 42.5 Å². The maximum absolute atomic E-state index is 9.47. The highest BCUT2D eigenvalue weighted by atomic mass is 35.5. The van der Waals surface area contributed by atoms with Crippen molar-refractivity contribution in [3.8, 4) is 5.75 Å². The first-order valence-corrected chi connectivity index (χ1v) is 8.14. The number of aromatic nitrogens is 2. The average molecular weight is 344 g/mol. The first kappa shape index (κ1) is 15.5. The van der Waals surface area contributed by atoms with E-state index in [-0.39, 0.29) is 5.75 Å². The molecular formula is C17H14ClN3OS. The molecule has 0 spiro atoms. The number of phenolic OH excluding ortho intramolecular Hbond substituents is 1. The fourth-order valence-corrected chi connectivity index (χ4v) is 3.14. The van der Waals surface area contributed by atoms with Gasteiger partial charge < -0.3 is 10.4 Å². The zero-order valence-electron chi connectivity index (χ0n) is 12.3. The topological polar surface area (TPSA) is 58.0 Å². The molecule has 0 atom stereocenters. The van der Waals surface area contributed by atoms with Crippen molar-refractivity contribution >= 4 is 51.1 Å². The van der Waals surface area contributed by atoms with Gasteiger partial charge in [-0.25, -0.2) is 9.97 Å². The van der Waals surface area contributed by atoms with Crippen molar-refractivity contribution < 1.29 is 5.11 Å². The quantitative estimate of drug-likeness (QED) is 0.526. The number of pyridine rings is 1. The van der Waals surface area contributed by atoms with Gasteiger partial charge in [0.15, 0.2) is 0 Å². The SMILES string of the molecule is CNc1ccc(/C=C/C=C/c2nc3ccc(O)cc3s2)c(Cl)n1. The lowest BCUT2D eigenvalue weighted by Crippen LogP contribution is -1.92. The molecule has 0 saturated heterocycles. The number of aromatic hydroxyl groups is 1. The predicted octanol–water partition coefficient (Wildman–Crippen LogP) is 4.82. The Kier molecular flexibility index (Phi) is 4.60. The molecule has 2 N–H and O–H groups in total. The van der Waals surface area contributed by atoms with Gasteiger partial charge in [0.1, 0.15) is 21.7 Å². The molecule has 0 saturated carbocycles. The van der Waals surface area contributed by atoms with Gasteiger partial charge in [-0.15, -0.1) is 11.3 Å². The molecule has 1 aromatic carbocycles. The highest BCUT2D eigenvalue weighted by Gasteiger charge is 2.02. The Labute approximate surface area is 142 Å². The fourth-order valence-electron chi connectivity index (χ4n) is 2.01. The second-order valence-corrected chi connectivity index (χ2v) is 6.17. The van der Waals surface area contributed by atoms with Gasteiger partial charge in [-0.1, -0.05) is 29.8 Å². The van der Waals surface area contributed by atoms with E-state index >= 15 is 0 Å². The van der Waals surface area contributed by atoms with E-state index in [0.29, 0.717) is 5.15 Å². The largest absolute Gasteiger partial charge is 0.508 e. The third-order valence-electron chi connectivity index (χ3n) is 3.15. The van der Waals surface area contributed by atoms with E-state index in [2.05, 4.69) is 15.3 Å². The molecule has 0 aliphatic carbocycles. The molecule has 2 heterocycles. The number of nitrogens with one attached hydrogen (secondary N) is 1. The second kappa shape index (κ2) is 6.81. The van der Waals surface area contributed by atoms with Crippen LogP contribution in [0.15, 0.2) is 42.5 Å². The normalized spacial score (nSPS) is 11.7. The number of phenols is 1. The highest BCUT2D eigenvalue weighted by molar-refractivity contribution is 7.19. The minimum atomic E-state index is 0.253. The molecule has 0 amide bonds. The molecule has 2 aromatic heterocycles. The maximum Gasteiger partial charge on any atom is 0.138 e. The third-order valence-corrected chi connectivity index (χ3v) is 4.43. The summed E-state index contributed by atoms with van der Waals surface area (Å²) < 4.78 is 0.962. The summed E-state index contributed by atoms with van der Waals surface area (Å²) >= 11 is 7.64. The van der Waals surface area contributed by atoms with Gasteiger partial charge in [0, 0.05) is 12.6 Å². The summed E-state index contributed by atoms with van der Waals surface area (Å²) in [5.41, 5.74) is 1.73. The van der Waals surface area contributed by atoms with Gasteiger partial charge in [-0.05, 0) is 36.4 Å².